The second kappa shape index (κ2) is 7.84. The molecule has 23 heavy (non-hydrogen) atoms. The lowest BCUT2D eigenvalue weighted by atomic mass is 10.2. The third-order valence-electron chi connectivity index (χ3n) is 2.83. The van der Waals surface area contributed by atoms with Gasteiger partial charge in [-0.05, 0) is 19.1 Å². The van der Waals surface area contributed by atoms with Gasteiger partial charge in [0.15, 0.2) is 12.4 Å². The molecule has 0 fully saturated rings. The number of ketones is 1. The van der Waals surface area contributed by atoms with Crippen molar-refractivity contribution in [3.63, 3.8) is 0 Å². The van der Waals surface area contributed by atoms with E-state index >= 15 is 0 Å². The molecule has 0 atom stereocenters. The second-order valence-electron chi connectivity index (χ2n) is 4.85. The zero-order valence-electron chi connectivity index (χ0n) is 13.0. The maximum atomic E-state index is 12.0. The summed E-state index contributed by atoms with van der Waals surface area (Å²) in [5.41, 5.74) is 0.380. The first-order valence-electron chi connectivity index (χ1n) is 6.60. The Kier molecular flexibility index (Phi) is 6.40. The summed E-state index contributed by atoms with van der Waals surface area (Å²) in [5.74, 6) is -1.47. The first kappa shape index (κ1) is 18.8. The highest BCUT2D eigenvalue weighted by atomic mass is 32.2. The molecule has 0 aliphatic rings. The van der Waals surface area contributed by atoms with Gasteiger partial charge in [0.2, 0.25) is 10.0 Å². The van der Waals surface area contributed by atoms with E-state index in [4.69, 9.17) is 0 Å². The first-order chi connectivity index (χ1) is 10.6. The number of ether oxygens (including phenoxy) is 1. The number of nitrogens with zero attached hydrogens (tertiary/aromatic N) is 1. The van der Waals surface area contributed by atoms with Gasteiger partial charge in [-0.3, -0.25) is 14.4 Å². The molecule has 0 spiro atoms. The van der Waals surface area contributed by atoms with Crippen LogP contribution in [0.4, 0.5) is 0 Å². The Hall–Kier alpha value is -2.26. The van der Waals surface area contributed by atoms with Crippen molar-refractivity contribution < 1.29 is 27.5 Å². The number of Topliss-reactive ketones (excluding diaryl/α,β-unsaturated/α-hetero) is 1. The molecule has 1 aromatic carbocycles. The minimum absolute atomic E-state index is 0.0836. The van der Waals surface area contributed by atoms with Crippen LogP contribution >= 0.6 is 0 Å². The molecular formula is C14H18N2O6S. The van der Waals surface area contributed by atoms with Crippen molar-refractivity contribution in [3.8, 4) is 0 Å². The van der Waals surface area contributed by atoms with Crippen LogP contribution in [-0.2, 0) is 24.3 Å². The third-order valence-corrected chi connectivity index (χ3v) is 4.25. The molecule has 0 aliphatic carbocycles. The maximum Gasteiger partial charge on any atom is 0.321 e. The average Bonchev–Trinajstić information content (AvgIpc) is 2.50. The van der Waals surface area contributed by atoms with Crippen molar-refractivity contribution in [2.24, 2.45) is 0 Å². The second-order valence-corrected chi connectivity index (χ2v) is 6.62. The molecule has 0 heterocycles. The molecular weight excluding hydrogens is 324 g/mol. The molecule has 0 radical (unpaired) electrons. The van der Waals surface area contributed by atoms with Crippen molar-refractivity contribution in [1.82, 2.24) is 9.62 Å². The monoisotopic (exact) mass is 342 g/mol. The Morgan fingerprint density at radius 2 is 1.70 bits per heavy atom. The van der Waals surface area contributed by atoms with Crippen LogP contribution in [0.1, 0.15) is 17.3 Å². The number of carbonyl (C=O) groups is 3. The fourth-order valence-electron chi connectivity index (χ4n) is 1.43. The van der Waals surface area contributed by atoms with Gasteiger partial charge in [0.05, 0.1) is 4.90 Å². The first-order valence-corrected chi connectivity index (χ1v) is 8.08. The Morgan fingerprint density at radius 3 is 2.17 bits per heavy atom. The summed E-state index contributed by atoms with van der Waals surface area (Å²) < 4.78 is 30.7. The van der Waals surface area contributed by atoms with E-state index in [1.165, 1.54) is 50.2 Å². The zero-order chi connectivity index (χ0) is 17.6. The highest BCUT2D eigenvalue weighted by molar-refractivity contribution is 7.89. The minimum atomic E-state index is -3.91. The van der Waals surface area contributed by atoms with E-state index in [0.717, 1.165) is 0 Å². The number of nitrogens with one attached hydrogen (secondary N) is 1. The van der Waals surface area contributed by atoms with Crippen LogP contribution in [0.15, 0.2) is 29.2 Å². The van der Waals surface area contributed by atoms with Crippen LogP contribution in [0.25, 0.3) is 0 Å². The van der Waals surface area contributed by atoms with Gasteiger partial charge in [-0.25, -0.2) is 8.42 Å². The number of likely N-dealkylation sites (N-methyl/N-ethyl adjacent to an activating group) is 1. The van der Waals surface area contributed by atoms with Gasteiger partial charge in [0, 0.05) is 19.7 Å². The number of carbonyl (C=O) groups excluding carboxylic acids is 3. The highest BCUT2D eigenvalue weighted by Crippen LogP contribution is 2.10. The highest BCUT2D eigenvalue weighted by Gasteiger charge is 2.17. The van der Waals surface area contributed by atoms with Crippen molar-refractivity contribution >= 4 is 27.7 Å². The quantitative estimate of drug-likeness (QED) is 0.543. The van der Waals surface area contributed by atoms with Crippen molar-refractivity contribution in [2.45, 2.75) is 11.8 Å². The standard InChI is InChI=1S/C14H18N2O6S/c1-10(17)11-4-6-12(7-5-11)23(20,21)15-8-14(19)22-9-13(18)16(2)3/h4-7,15H,8-9H2,1-3H3. The molecule has 0 unspecified atom stereocenters. The summed E-state index contributed by atoms with van der Waals surface area (Å²) >= 11 is 0. The molecule has 1 N–H and O–H groups in total. The number of hydrogen-bond donors (Lipinski definition) is 1. The van der Waals surface area contributed by atoms with Gasteiger partial charge in [-0.15, -0.1) is 0 Å². The van der Waals surface area contributed by atoms with Gasteiger partial charge >= 0.3 is 5.97 Å². The summed E-state index contributed by atoms with van der Waals surface area (Å²) in [6.45, 7) is 0.311. The molecule has 9 heteroatoms. The third kappa shape index (κ3) is 5.80. The Bertz CT molecular complexity index is 694. The molecule has 1 aromatic rings. The van der Waals surface area contributed by atoms with Gasteiger partial charge in [-0.2, -0.15) is 4.72 Å². The van der Waals surface area contributed by atoms with E-state index in [1.54, 1.807) is 0 Å². The molecule has 126 valence electrons. The molecule has 1 rings (SSSR count). The van der Waals surface area contributed by atoms with Gasteiger partial charge in [-0.1, -0.05) is 12.1 Å². The molecule has 0 aromatic heterocycles. The molecule has 0 aliphatic heterocycles. The average molecular weight is 342 g/mol. The van der Waals surface area contributed by atoms with E-state index in [9.17, 15) is 22.8 Å². The summed E-state index contributed by atoms with van der Waals surface area (Å²) in [7, 11) is -0.903. The van der Waals surface area contributed by atoms with Gasteiger partial charge in [0.25, 0.3) is 5.91 Å². The molecule has 0 bridgehead atoms. The van der Waals surface area contributed by atoms with Gasteiger partial charge < -0.3 is 9.64 Å². The fraction of sp³-hybridized carbons (Fsp3) is 0.357. The van der Waals surface area contributed by atoms with Crippen LogP contribution < -0.4 is 4.72 Å². The smallest absolute Gasteiger partial charge is 0.321 e. The molecule has 1 amide bonds. The Labute approximate surface area is 134 Å². The Morgan fingerprint density at radius 1 is 1.13 bits per heavy atom. The van der Waals surface area contributed by atoms with E-state index < -0.39 is 35.1 Å². The van der Waals surface area contributed by atoms with Crippen molar-refractivity contribution in [2.75, 3.05) is 27.2 Å². The largest absolute Gasteiger partial charge is 0.455 e. The minimum Gasteiger partial charge on any atom is -0.455 e. The fourth-order valence-corrected chi connectivity index (χ4v) is 2.40. The van der Waals surface area contributed by atoms with Crippen LogP contribution in [0.5, 0.6) is 0 Å². The van der Waals surface area contributed by atoms with Crippen LogP contribution in [0.3, 0.4) is 0 Å². The predicted molar refractivity (Wildman–Crippen MR) is 81.3 cm³/mol. The summed E-state index contributed by atoms with van der Waals surface area (Å²) in [6, 6.07) is 5.29. The van der Waals surface area contributed by atoms with Crippen molar-refractivity contribution in [1.29, 1.82) is 0 Å². The van der Waals surface area contributed by atoms with Crippen LogP contribution in [0.2, 0.25) is 0 Å². The number of sulfonamides is 1. The number of hydrogen-bond acceptors (Lipinski definition) is 6. The summed E-state index contributed by atoms with van der Waals surface area (Å²) in [6.07, 6.45) is 0. The normalized spacial score (nSPS) is 10.9. The summed E-state index contributed by atoms with van der Waals surface area (Å²) in [4.78, 5) is 35.0. The Balaban J connectivity index is 2.60. The lowest BCUT2D eigenvalue weighted by Crippen LogP contribution is -2.33. The zero-order valence-corrected chi connectivity index (χ0v) is 13.8. The van der Waals surface area contributed by atoms with Gasteiger partial charge in [0.1, 0.15) is 6.54 Å². The number of esters is 1. The molecule has 8 nitrogen and oxygen atoms in total. The SMILES string of the molecule is CC(=O)c1ccc(S(=O)(=O)NCC(=O)OCC(=O)N(C)C)cc1. The lowest BCUT2D eigenvalue weighted by molar-refractivity contribution is -0.149. The number of amides is 1. The number of rotatable bonds is 7. The van der Waals surface area contributed by atoms with E-state index in [-0.39, 0.29) is 10.7 Å². The van der Waals surface area contributed by atoms with E-state index in [0.29, 0.717) is 5.56 Å². The van der Waals surface area contributed by atoms with Crippen LogP contribution in [-0.4, -0.2) is 58.2 Å². The summed E-state index contributed by atoms with van der Waals surface area (Å²) in [5, 5.41) is 0. The predicted octanol–water partition coefficient (Wildman–Crippen LogP) is -0.201. The molecule has 0 saturated carbocycles. The van der Waals surface area contributed by atoms with E-state index in [1.807, 2.05) is 0 Å². The van der Waals surface area contributed by atoms with Crippen molar-refractivity contribution in [3.05, 3.63) is 29.8 Å². The maximum absolute atomic E-state index is 12.0. The topological polar surface area (TPSA) is 110 Å². The lowest BCUT2D eigenvalue weighted by Gasteiger charge is -2.11. The van der Waals surface area contributed by atoms with E-state index in [2.05, 4.69) is 9.46 Å². The van der Waals surface area contributed by atoms with Crippen LogP contribution in [0, 0.1) is 0 Å². The number of benzene rings is 1. The molecule has 0 saturated heterocycles.